The molecule has 5 heteroatoms. The van der Waals surface area contributed by atoms with Crippen LogP contribution >= 0.6 is 11.8 Å². The van der Waals surface area contributed by atoms with Crippen molar-refractivity contribution in [3.8, 4) is 5.69 Å². The van der Waals surface area contributed by atoms with E-state index in [-0.39, 0.29) is 0 Å². The number of benzene rings is 1. The minimum absolute atomic E-state index is 0.512. The van der Waals surface area contributed by atoms with Crippen LogP contribution in [0.15, 0.2) is 43.0 Å². The molecule has 2 heterocycles. The smallest absolute Gasteiger partial charge is 0.0991 e. The Morgan fingerprint density at radius 2 is 2.20 bits per heavy atom. The SMILES string of the molecule is OC1(CNCc2ccc(-n3ccnc3)cc2)CCSC1. The van der Waals surface area contributed by atoms with Crippen LogP contribution in [0.4, 0.5) is 0 Å². The first-order valence-electron chi connectivity index (χ1n) is 6.83. The highest BCUT2D eigenvalue weighted by Crippen LogP contribution is 2.27. The van der Waals surface area contributed by atoms with E-state index in [1.807, 2.05) is 22.5 Å². The predicted molar refractivity (Wildman–Crippen MR) is 82.2 cm³/mol. The molecular weight excluding hydrogens is 270 g/mol. The van der Waals surface area contributed by atoms with Crippen molar-refractivity contribution in [3.05, 3.63) is 48.5 Å². The fourth-order valence-corrected chi connectivity index (χ4v) is 3.67. The Morgan fingerprint density at radius 3 is 2.85 bits per heavy atom. The van der Waals surface area contributed by atoms with Crippen molar-refractivity contribution < 1.29 is 5.11 Å². The molecule has 1 unspecified atom stereocenters. The molecule has 3 rings (SSSR count). The normalized spacial score (nSPS) is 22.2. The fraction of sp³-hybridized carbons (Fsp3) is 0.400. The Morgan fingerprint density at radius 1 is 1.35 bits per heavy atom. The lowest BCUT2D eigenvalue weighted by atomic mass is 10.0. The molecule has 0 radical (unpaired) electrons. The quantitative estimate of drug-likeness (QED) is 0.882. The van der Waals surface area contributed by atoms with E-state index in [1.54, 1.807) is 12.5 Å². The highest BCUT2D eigenvalue weighted by Gasteiger charge is 2.30. The minimum Gasteiger partial charge on any atom is -0.388 e. The van der Waals surface area contributed by atoms with E-state index in [0.717, 1.165) is 30.2 Å². The number of thioether (sulfide) groups is 1. The third-order valence-corrected chi connectivity index (χ3v) is 4.84. The zero-order valence-corrected chi connectivity index (χ0v) is 12.1. The number of rotatable bonds is 5. The van der Waals surface area contributed by atoms with Gasteiger partial charge in [0.25, 0.3) is 0 Å². The molecule has 4 nitrogen and oxygen atoms in total. The van der Waals surface area contributed by atoms with Gasteiger partial charge in [0.1, 0.15) is 0 Å². The molecule has 1 atom stereocenters. The standard InChI is InChI=1S/C15H19N3OS/c19-15(5-8-20-11-15)10-17-9-13-1-3-14(4-2-13)18-7-6-16-12-18/h1-4,6-7,12,17,19H,5,8-11H2. The van der Waals surface area contributed by atoms with E-state index in [1.165, 1.54) is 5.56 Å². The molecular formula is C15H19N3OS. The van der Waals surface area contributed by atoms with Crippen LogP contribution in [0.2, 0.25) is 0 Å². The fourth-order valence-electron chi connectivity index (χ4n) is 2.37. The highest BCUT2D eigenvalue weighted by atomic mass is 32.2. The summed E-state index contributed by atoms with van der Waals surface area (Å²) in [6, 6.07) is 8.38. The van der Waals surface area contributed by atoms with Crippen LogP contribution < -0.4 is 5.32 Å². The molecule has 0 saturated carbocycles. The Kier molecular flexibility index (Phi) is 4.10. The van der Waals surface area contributed by atoms with Gasteiger partial charge in [-0.2, -0.15) is 11.8 Å². The van der Waals surface area contributed by atoms with E-state index in [2.05, 4.69) is 34.6 Å². The van der Waals surface area contributed by atoms with Gasteiger partial charge in [0.2, 0.25) is 0 Å². The second kappa shape index (κ2) is 5.99. The number of hydrogen-bond acceptors (Lipinski definition) is 4. The van der Waals surface area contributed by atoms with Crippen molar-refractivity contribution in [1.82, 2.24) is 14.9 Å². The molecule has 106 valence electrons. The lowest BCUT2D eigenvalue weighted by molar-refractivity contribution is 0.0675. The molecule has 1 saturated heterocycles. The predicted octanol–water partition coefficient (Wildman–Crippen LogP) is 1.83. The molecule has 0 bridgehead atoms. The van der Waals surface area contributed by atoms with Gasteiger partial charge in [-0.15, -0.1) is 0 Å². The second-order valence-corrected chi connectivity index (χ2v) is 6.37. The summed E-state index contributed by atoms with van der Waals surface area (Å²) in [5, 5.41) is 13.6. The number of aromatic nitrogens is 2. The van der Waals surface area contributed by atoms with Gasteiger partial charge in [-0.1, -0.05) is 12.1 Å². The van der Waals surface area contributed by atoms with Crippen LogP contribution in [0.1, 0.15) is 12.0 Å². The monoisotopic (exact) mass is 289 g/mol. The van der Waals surface area contributed by atoms with Gasteiger partial charge in [-0.25, -0.2) is 4.98 Å². The molecule has 1 aliphatic rings. The summed E-state index contributed by atoms with van der Waals surface area (Å²) in [6.45, 7) is 1.46. The summed E-state index contributed by atoms with van der Waals surface area (Å²) in [7, 11) is 0. The zero-order chi connectivity index (χ0) is 13.8. The van der Waals surface area contributed by atoms with Crippen LogP contribution in [0.25, 0.3) is 5.69 Å². The molecule has 0 spiro atoms. The number of nitrogens with zero attached hydrogens (tertiary/aromatic N) is 2. The van der Waals surface area contributed by atoms with Crippen LogP contribution in [-0.4, -0.2) is 38.3 Å². The third kappa shape index (κ3) is 3.23. The lowest BCUT2D eigenvalue weighted by Crippen LogP contribution is -2.40. The minimum atomic E-state index is -0.512. The van der Waals surface area contributed by atoms with Gasteiger partial charge in [-0.05, 0) is 29.9 Å². The van der Waals surface area contributed by atoms with E-state index in [4.69, 9.17) is 0 Å². The molecule has 0 aliphatic carbocycles. The molecule has 20 heavy (non-hydrogen) atoms. The summed E-state index contributed by atoms with van der Waals surface area (Å²) in [6.07, 6.45) is 6.39. The largest absolute Gasteiger partial charge is 0.388 e. The maximum absolute atomic E-state index is 10.2. The third-order valence-electron chi connectivity index (χ3n) is 3.60. The van der Waals surface area contributed by atoms with Gasteiger partial charge in [0, 0.05) is 36.9 Å². The Hall–Kier alpha value is -1.30. The number of hydrogen-bond donors (Lipinski definition) is 2. The van der Waals surface area contributed by atoms with E-state index >= 15 is 0 Å². The van der Waals surface area contributed by atoms with Gasteiger partial charge in [0.15, 0.2) is 0 Å². The molecule has 1 fully saturated rings. The Balaban J connectivity index is 1.53. The zero-order valence-electron chi connectivity index (χ0n) is 11.3. The molecule has 1 aliphatic heterocycles. The number of imidazole rings is 1. The topological polar surface area (TPSA) is 50.1 Å². The van der Waals surface area contributed by atoms with Gasteiger partial charge >= 0.3 is 0 Å². The van der Waals surface area contributed by atoms with Crippen LogP contribution in [0.3, 0.4) is 0 Å². The molecule has 1 aromatic carbocycles. The summed E-state index contributed by atoms with van der Waals surface area (Å²) < 4.78 is 1.98. The maximum Gasteiger partial charge on any atom is 0.0991 e. The van der Waals surface area contributed by atoms with Crippen LogP contribution in [0.5, 0.6) is 0 Å². The molecule has 2 aromatic rings. The summed E-state index contributed by atoms with van der Waals surface area (Å²) >= 11 is 1.83. The molecule has 1 aromatic heterocycles. The van der Waals surface area contributed by atoms with E-state index in [9.17, 15) is 5.11 Å². The highest BCUT2D eigenvalue weighted by molar-refractivity contribution is 7.99. The average molecular weight is 289 g/mol. The van der Waals surface area contributed by atoms with Crippen molar-refractivity contribution in [2.75, 3.05) is 18.1 Å². The van der Waals surface area contributed by atoms with Gasteiger partial charge in [0.05, 0.1) is 11.9 Å². The summed E-state index contributed by atoms with van der Waals surface area (Å²) in [5.74, 6) is 1.91. The number of nitrogens with one attached hydrogen (secondary N) is 1. The Bertz CT molecular complexity index is 533. The molecule has 2 N–H and O–H groups in total. The van der Waals surface area contributed by atoms with E-state index < -0.39 is 5.60 Å². The lowest BCUT2D eigenvalue weighted by Gasteiger charge is -2.21. The first-order valence-corrected chi connectivity index (χ1v) is 7.99. The molecule has 0 amide bonds. The van der Waals surface area contributed by atoms with Crippen LogP contribution in [0, 0.1) is 0 Å². The van der Waals surface area contributed by atoms with Gasteiger partial charge in [-0.3, -0.25) is 0 Å². The van der Waals surface area contributed by atoms with Crippen molar-refractivity contribution in [2.24, 2.45) is 0 Å². The number of aliphatic hydroxyl groups is 1. The summed E-state index contributed by atoms with van der Waals surface area (Å²) in [5.41, 5.74) is 1.82. The van der Waals surface area contributed by atoms with Crippen molar-refractivity contribution >= 4 is 11.8 Å². The first-order chi connectivity index (χ1) is 9.75. The van der Waals surface area contributed by atoms with Crippen LogP contribution in [-0.2, 0) is 6.54 Å². The first kappa shape index (κ1) is 13.7. The Labute approximate surface area is 123 Å². The average Bonchev–Trinajstić information content (AvgIpc) is 3.11. The van der Waals surface area contributed by atoms with Crippen molar-refractivity contribution in [2.45, 2.75) is 18.6 Å². The van der Waals surface area contributed by atoms with Gasteiger partial charge < -0.3 is 15.0 Å². The van der Waals surface area contributed by atoms with E-state index in [0.29, 0.717) is 6.54 Å². The maximum atomic E-state index is 10.2. The second-order valence-electron chi connectivity index (χ2n) is 5.27. The van der Waals surface area contributed by atoms with Crippen molar-refractivity contribution in [1.29, 1.82) is 0 Å². The van der Waals surface area contributed by atoms with Crippen molar-refractivity contribution in [3.63, 3.8) is 0 Å². The summed E-state index contributed by atoms with van der Waals surface area (Å²) in [4.78, 5) is 4.04.